The molecule has 3 aromatic rings. The highest BCUT2D eigenvalue weighted by atomic mass is 32.2. The van der Waals surface area contributed by atoms with Crippen LogP contribution >= 0.6 is 0 Å². The molecule has 4 rings (SSSR count). The molecule has 10 heteroatoms. The van der Waals surface area contributed by atoms with E-state index in [2.05, 4.69) is 36.5 Å². The minimum absolute atomic E-state index is 0.0101. The molecule has 0 radical (unpaired) electrons. The van der Waals surface area contributed by atoms with Crippen LogP contribution in [0.5, 0.6) is 5.88 Å². The maximum Gasteiger partial charge on any atom is 0.335 e. The number of carboxylic acids is 1. The second kappa shape index (κ2) is 12.8. The molecule has 226 valence electrons. The van der Waals surface area contributed by atoms with Crippen LogP contribution in [0.15, 0.2) is 47.4 Å². The van der Waals surface area contributed by atoms with Crippen molar-refractivity contribution in [2.24, 2.45) is 17.1 Å². The molecule has 1 heterocycles. The van der Waals surface area contributed by atoms with E-state index in [1.54, 1.807) is 0 Å². The van der Waals surface area contributed by atoms with Gasteiger partial charge in [0.05, 0.1) is 16.2 Å². The highest BCUT2D eigenvalue weighted by Crippen LogP contribution is 2.37. The lowest BCUT2D eigenvalue weighted by Gasteiger charge is -2.24. The Balaban J connectivity index is 1.78. The monoisotopic (exact) mass is 594 g/mol. The first-order valence-electron chi connectivity index (χ1n) is 14.5. The number of aromatic carboxylic acids is 1. The van der Waals surface area contributed by atoms with Crippen LogP contribution < -0.4 is 15.2 Å². The molecule has 0 aliphatic heterocycles. The SMILES string of the molecule is Cc1cccc(CC2CCCC2)c1-c1nc(NS(=O)(=O)c2cccc(C(=O)O)c2)nc(OC[C@H](N)CC(C)(C)C)c1C. The number of nitrogens with two attached hydrogens (primary N) is 1. The van der Waals surface area contributed by atoms with Crippen molar-refractivity contribution < 1.29 is 23.1 Å². The van der Waals surface area contributed by atoms with Gasteiger partial charge in [-0.3, -0.25) is 0 Å². The van der Waals surface area contributed by atoms with Crippen LogP contribution in [-0.2, 0) is 16.4 Å². The van der Waals surface area contributed by atoms with Crippen LogP contribution in [0.4, 0.5) is 5.95 Å². The molecule has 2 aromatic carbocycles. The summed E-state index contributed by atoms with van der Waals surface area (Å²) >= 11 is 0. The number of aromatic nitrogens is 2. The van der Waals surface area contributed by atoms with Gasteiger partial charge in [0.15, 0.2) is 0 Å². The molecular weight excluding hydrogens is 552 g/mol. The van der Waals surface area contributed by atoms with Gasteiger partial charge in [0, 0.05) is 17.2 Å². The fraction of sp³-hybridized carbons (Fsp3) is 0.469. The summed E-state index contributed by atoms with van der Waals surface area (Å²) in [7, 11) is -4.21. The van der Waals surface area contributed by atoms with Crippen molar-refractivity contribution in [2.45, 2.75) is 84.1 Å². The number of anilines is 1. The summed E-state index contributed by atoms with van der Waals surface area (Å²) in [5.74, 6) is -0.543. The van der Waals surface area contributed by atoms with E-state index in [1.165, 1.54) is 43.9 Å². The van der Waals surface area contributed by atoms with E-state index in [4.69, 9.17) is 15.5 Å². The number of aryl methyl sites for hydroxylation is 1. The fourth-order valence-corrected chi connectivity index (χ4v) is 6.68. The van der Waals surface area contributed by atoms with E-state index in [0.29, 0.717) is 17.2 Å². The molecule has 1 aliphatic carbocycles. The predicted octanol–water partition coefficient (Wildman–Crippen LogP) is 6.13. The zero-order valence-corrected chi connectivity index (χ0v) is 25.9. The van der Waals surface area contributed by atoms with Crippen molar-refractivity contribution in [3.8, 4) is 17.1 Å². The van der Waals surface area contributed by atoms with Gasteiger partial charge in [0.2, 0.25) is 11.8 Å². The lowest BCUT2D eigenvalue weighted by Crippen LogP contribution is -2.32. The summed E-state index contributed by atoms with van der Waals surface area (Å²) in [4.78, 5) is 20.4. The quantitative estimate of drug-likeness (QED) is 0.240. The number of hydrogen-bond acceptors (Lipinski definition) is 7. The minimum atomic E-state index is -4.21. The molecule has 0 saturated heterocycles. The van der Waals surface area contributed by atoms with E-state index in [1.807, 2.05) is 26.0 Å². The van der Waals surface area contributed by atoms with Crippen molar-refractivity contribution in [1.82, 2.24) is 9.97 Å². The molecule has 4 N–H and O–H groups in total. The van der Waals surface area contributed by atoms with Gasteiger partial charge in [-0.05, 0) is 67.3 Å². The standard InChI is InChI=1S/C32H42N4O5S/c1-20-10-8-13-23(16-22-11-6-7-12-22)27(20)28-21(2)29(41-19-25(33)18-32(3,4)5)35-31(34-28)36-42(39,40)26-15-9-14-24(17-26)30(37)38/h8-10,13-15,17,22,25H,6-7,11-12,16,18-19,33H2,1-5H3,(H,37,38)(H,34,35,36)/t25-/m1/s1. The van der Waals surface area contributed by atoms with E-state index < -0.39 is 16.0 Å². The number of hydrogen-bond donors (Lipinski definition) is 3. The van der Waals surface area contributed by atoms with Crippen molar-refractivity contribution in [2.75, 3.05) is 11.3 Å². The highest BCUT2D eigenvalue weighted by Gasteiger charge is 2.25. The Bertz CT molecular complexity index is 1540. The van der Waals surface area contributed by atoms with Crippen LogP contribution in [0, 0.1) is 25.2 Å². The molecule has 1 fully saturated rings. The van der Waals surface area contributed by atoms with E-state index >= 15 is 0 Å². The van der Waals surface area contributed by atoms with Gasteiger partial charge in [0.1, 0.15) is 6.61 Å². The Morgan fingerprint density at radius 3 is 2.48 bits per heavy atom. The lowest BCUT2D eigenvalue weighted by atomic mass is 9.89. The molecule has 1 atom stereocenters. The molecule has 0 amide bonds. The second-order valence-electron chi connectivity index (χ2n) is 12.6. The maximum atomic E-state index is 13.4. The number of nitrogens with one attached hydrogen (secondary N) is 1. The first-order chi connectivity index (χ1) is 19.7. The first kappa shape index (κ1) is 31.4. The van der Waals surface area contributed by atoms with Crippen molar-refractivity contribution in [1.29, 1.82) is 0 Å². The van der Waals surface area contributed by atoms with Gasteiger partial charge < -0.3 is 15.6 Å². The van der Waals surface area contributed by atoms with Gasteiger partial charge in [0.25, 0.3) is 10.0 Å². The van der Waals surface area contributed by atoms with Crippen LogP contribution in [0.25, 0.3) is 11.3 Å². The van der Waals surface area contributed by atoms with Crippen LogP contribution in [0.3, 0.4) is 0 Å². The van der Waals surface area contributed by atoms with Gasteiger partial charge in [-0.25, -0.2) is 22.9 Å². The number of ether oxygens (including phenoxy) is 1. The summed E-state index contributed by atoms with van der Waals surface area (Å²) in [6.45, 7) is 10.4. The molecular formula is C32H42N4O5S. The van der Waals surface area contributed by atoms with Crippen molar-refractivity contribution >= 4 is 21.9 Å². The molecule has 1 saturated carbocycles. The summed E-state index contributed by atoms with van der Waals surface area (Å²) in [6.07, 6.45) is 6.50. The largest absolute Gasteiger partial charge is 0.478 e. The number of carbonyl (C=O) groups is 1. The normalized spacial score (nSPS) is 15.0. The van der Waals surface area contributed by atoms with Gasteiger partial charge in [-0.1, -0.05) is 70.7 Å². The van der Waals surface area contributed by atoms with Crippen LogP contribution in [0.2, 0.25) is 0 Å². The predicted molar refractivity (Wildman–Crippen MR) is 164 cm³/mol. The average Bonchev–Trinajstić information content (AvgIpc) is 3.41. The molecule has 9 nitrogen and oxygen atoms in total. The third-order valence-corrected chi connectivity index (χ3v) is 8.93. The van der Waals surface area contributed by atoms with E-state index in [-0.39, 0.29) is 40.4 Å². The molecule has 0 bridgehead atoms. The Kier molecular flexibility index (Phi) is 9.57. The molecule has 1 aromatic heterocycles. The summed E-state index contributed by atoms with van der Waals surface area (Å²) in [5, 5.41) is 9.36. The van der Waals surface area contributed by atoms with Gasteiger partial charge in [-0.15, -0.1) is 0 Å². The summed E-state index contributed by atoms with van der Waals surface area (Å²) in [5.41, 5.74) is 10.6. The third kappa shape index (κ3) is 7.86. The Morgan fingerprint density at radius 1 is 1.12 bits per heavy atom. The number of benzene rings is 2. The molecule has 0 spiro atoms. The number of nitrogens with zero attached hydrogens (tertiary/aromatic N) is 2. The Hall–Kier alpha value is -3.50. The summed E-state index contributed by atoms with van der Waals surface area (Å²) in [6, 6.07) is 11.1. The summed E-state index contributed by atoms with van der Waals surface area (Å²) < 4.78 is 35.3. The third-order valence-electron chi connectivity index (χ3n) is 7.61. The van der Waals surface area contributed by atoms with Gasteiger partial charge >= 0.3 is 5.97 Å². The van der Waals surface area contributed by atoms with E-state index in [9.17, 15) is 18.3 Å². The highest BCUT2D eigenvalue weighted by molar-refractivity contribution is 7.92. The Morgan fingerprint density at radius 2 is 1.81 bits per heavy atom. The van der Waals surface area contributed by atoms with Crippen LogP contribution in [-0.4, -0.2) is 42.1 Å². The van der Waals surface area contributed by atoms with Gasteiger partial charge in [-0.2, -0.15) is 4.98 Å². The topological polar surface area (TPSA) is 144 Å². The number of sulfonamides is 1. The Labute approximate surface area is 249 Å². The molecule has 42 heavy (non-hydrogen) atoms. The van der Waals surface area contributed by atoms with Crippen molar-refractivity contribution in [3.05, 3.63) is 64.7 Å². The number of rotatable bonds is 11. The van der Waals surface area contributed by atoms with Crippen molar-refractivity contribution in [3.63, 3.8) is 0 Å². The smallest absolute Gasteiger partial charge is 0.335 e. The minimum Gasteiger partial charge on any atom is -0.478 e. The second-order valence-corrected chi connectivity index (χ2v) is 14.2. The van der Waals surface area contributed by atoms with Crippen LogP contribution in [0.1, 0.15) is 79.9 Å². The number of carboxylic acid groups (broad SMARTS) is 1. The molecule has 0 unspecified atom stereocenters. The zero-order chi connectivity index (χ0) is 30.7. The lowest BCUT2D eigenvalue weighted by molar-refractivity contribution is 0.0696. The average molecular weight is 595 g/mol. The maximum absolute atomic E-state index is 13.4. The fourth-order valence-electron chi connectivity index (χ4n) is 5.70. The first-order valence-corrected chi connectivity index (χ1v) is 15.9. The zero-order valence-electron chi connectivity index (χ0n) is 25.1. The molecule has 1 aliphatic rings. The van der Waals surface area contributed by atoms with E-state index in [0.717, 1.165) is 35.6 Å².